The second-order valence-electron chi connectivity index (χ2n) is 3.45. The van der Waals surface area contributed by atoms with Gasteiger partial charge in [0.05, 0.1) is 17.0 Å². The minimum atomic E-state index is 0.626. The summed E-state index contributed by atoms with van der Waals surface area (Å²) in [6, 6.07) is 13.7. The van der Waals surface area contributed by atoms with Crippen molar-refractivity contribution in [1.29, 1.82) is 5.26 Å². The smallest absolute Gasteiger partial charge is 0.101 e. The maximum Gasteiger partial charge on any atom is 0.101 e. The maximum atomic E-state index is 8.82. The fourth-order valence-corrected chi connectivity index (χ4v) is 1.72. The van der Waals surface area contributed by atoms with Crippen molar-refractivity contribution in [2.45, 2.75) is 6.92 Å². The van der Waals surface area contributed by atoms with Gasteiger partial charge in [0.1, 0.15) is 6.07 Å². The average molecular weight is 273 g/mol. The first-order valence-electron chi connectivity index (χ1n) is 4.84. The molecule has 2 rings (SSSR count). The zero-order valence-electron chi connectivity index (χ0n) is 8.74. The molecule has 1 aromatic heterocycles. The molecule has 2 nitrogen and oxygen atoms in total. The van der Waals surface area contributed by atoms with E-state index in [1.807, 2.05) is 37.3 Å². The summed E-state index contributed by atoms with van der Waals surface area (Å²) in [5.74, 6) is 0. The maximum absolute atomic E-state index is 8.82. The molecule has 0 spiro atoms. The van der Waals surface area contributed by atoms with E-state index in [4.69, 9.17) is 5.26 Å². The molecule has 0 radical (unpaired) electrons. The molecule has 3 heteroatoms. The lowest BCUT2D eigenvalue weighted by molar-refractivity contribution is 1.18. The van der Waals surface area contributed by atoms with Gasteiger partial charge in [-0.15, -0.1) is 0 Å². The van der Waals surface area contributed by atoms with E-state index in [0.717, 1.165) is 21.4 Å². The molecule has 0 amide bonds. The fraction of sp³-hybridized carbons (Fsp3) is 0.0769. The van der Waals surface area contributed by atoms with Crippen LogP contribution in [0, 0.1) is 18.3 Å². The van der Waals surface area contributed by atoms with Crippen molar-refractivity contribution in [3.63, 3.8) is 0 Å². The molecule has 2 aromatic rings. The fourth-order valence-electron chi connectivity index (χ4n) is 1.46. The van der Waals surface area contributed by atoms with Crippen LogP contribution in [0.4, 0.5) is 0 Å². The molecule has 0 aliphatic rings. The quantitative estimate of drug-likeness (QED) is 0.794. The van der Waals surface area contributed by atoms with Gasteiger partial charge in [-0.2, -0.15) is 5.26 Å². The van der Waals surface area contributed by atoms with Gasteiger partial charge < -0.3 is 0 Å². The Balaban J connectivity index is 2.46. The summed E-state index contributed by atoms with van der Waals surface area (Å²) in [7, 11) is 0. The lowest BCUT2D eigenvalue weighted by atomic mass is 10.1. The Hall–Kier alpha value is -1.66. The van der Waals surface area contributed by atoms with Crippen LogP contribution in [-0.2, 0) is 0 Å². The molecule has 0 saturated carbocycles. The molecule has 0 atom stereocenters. The molecule has 0 saturated heterocycles. The van der Waals surface area contributed by atoms with Crippen molar-refractivity contribution in [3.05, 3.63) is 52.1 Å². The Kier molecular flexibility index (Phi) is 3.02. The summed E-state index contributed by atoms with van der Waals surface area (Å²) < 4.78 is 1.04. The van der Waals surface area contributed by atoms with E-state index in [1.54, 1.807) is 6.07 Å². The predicted octanol–water partition coefficient (Wildman–Crippen LogP) is 3.69. The van der Waals surface area contributed by atoms with E-state index in [-0.39, 0.29) is 0 Å². The lowest BCUT2D eigenvalue weighted by Gasteiger charge is -2.03. The van der Waals surface area contributed by atoms with Crippen molar-refractivity contribution in [2.24, 2.45) is 0 Å². The highest BCUT2D eigenvalue weighted by atomic mass is 79.9. The third-order valence-corrected chi connectivity index (χ3v) is 2.87. The largest absolute Gasteiger partial charge is 0.252 e. The summed E-state index contributed by atoms with van der Waals surface area (Å²) in [5, 5.41) is 8.82. The Morgan fingerprint density at radius 3 is 2.38 bits per heavy atom. The predicted molar refractivity (Wildman–Crippen MR) is 66.8 cm³/mol. The zero-order valence-corrected chi connectivity index (χ0v) is 10.3. The van der Waals surface area contributed by atoms with Gasteiger partial charge in [-0.05, 0) is 31.2 Å². The number of hydrogen-bond donors (Lipinski definition) is 0. The number of benzene rings is 1. The molecule has 0 unspecified atom stereocenters. The number of pyridine rings is 1. The van der Waals surface area contributed by atoms with Crippen LogP contribution < -0.4 is 0 Å². The van der Waals surface area contributed by atoms with Crippen LogP contribution >= 0.6 is 15.9 Å². The van der Waals surface area contributed by atoms with Crippen LogP contribution in [0.5, 0.6) is 0 Å². The molecule has 16 heavy (non-hydrogen) atoms. The molecular weight excluding hydrogens is 264 g/mol. The minimum Gasteiger partial charge on any atom is -0.252 e. The van der Waals surface area contributed by atoms with Crippen molar-refractivity contribution in [2.75, 3.05) is 0 Å². The number of rotatable bonds is 1. The Morgan fingerprint density at radius 1 is 1.12 bits per heavy atom. The first kappa shape index (κ1) is 10.8. The first-order valence-corrected chi connectivity index (χ1v) is 5.63. The lowest BCUT2D eigenvalue weighted by Crippen LogP contribution is -1.90. The molecule has 0 aliphatic heterocycles. The Bertz CT molecular complexity index is 553. The van der Waals surface area contributed by atoms with Crippen LogP contribution in [0.1, 0.15) is 11.3 Å². The van der Waals surface area contributed by atoms with Crippen molar-refractivity contribution >= 4 is 15.9 Å². The molecule has 1 heterocycles. The van der Waals surface area contributed by atoms with Gasteiger partial charge in [0.2, 0.25) is 0 Å². The van der Waals surface area contributed by atoms with Gasteiger partial charge >= 0.3 is 0 Å². The van der Waals surface area contributed by atoms with Crippen LogP contribution in [-0.4, -0.2) is 4.98 Å². The van der Waals surface area contributed by atoms with Crippen molar-refractivity contribution in [1.82, 2.24) is 4.98 Å². The Morgan fingerprint density at radius 2 is 1.81 bits per heavy atom. The molecule has 0 aliphatic carbocycles. The van der Waals surface area contributed by atoms with Gasteiger partial charge in [-0.25, -0.2) is 0 Å². The molecule has 0 N–H and O–H groups in total. The molecule has 1 aromatic carbocycles. The number of nitrogens with zero attached hydrogens (tertiary/aromatic N) is 2. The highest BCUT2D eigenvalue weighted by molar-refractivity contribution is 9.10. The van der Waals surface area contributed by atoms with Crippen LogP contribution in [0.2, 0.25) is 0 Å². The number of hydrogen-bond acceptors (Lipinski definition) is 2. The third kappa shape index (κ3) is 2.12. The van der Waals surface area contributed by atoms with Crippen LogP contribution in [0.15, 0.2) is 40.9 Å². The number of halogens is 1. The van der Waals surface area contributed by atoms with Gasteiger partial charge in [0.25, 0.3) is 0 Å². The summed E-state index contributed by atoms with van der Waals surface area (Å²) in [5.41, 5.74) is 3.34. The molecule has 78 valence electrons. The van der Waals surface area contributed by atoms with E-state index >= 15 is 0 Å². The van der Waals surface area contributed by atoms with E-state index < -0.39 is 0 Å². The van der Waals surface area contributed by atoms with Gasteiger partial charge in [0.15, 0.2) is 0 Å². The van der Waals surface area contributed by atoms with E-state index in [0.29, 0.717) is 5.56 Å². The van der Waals surface area contributed by atoms with E-state index in [9.17, 15) is 0 Å². The second kappa shape index (κ2) is 4.46. The monoisotopic (exact) mass is 272 g/mol. The third-order valence-electron chi connectivity index (χ3n) is 2.35. The van der Waals surface area contributed by atoms with E-state index in [2.05, 4.69) is 27.0 Å². The summed E-state index contributed by atoms with van der Waals surface area (Å²) in [6.45, 7) is 1.85. The van der Waals surface area contributed by atoms with Crippen molar-refractivity contribution in [3.8, 4) is 17.3 Å². The molecule has 0 fully saturated rings. The van der Waals surface area contributed by atoms with Crippen LogP contribution in [0.3, 0.4) is 0 Å². The molecular formula is C13H9BrN2. The minimum absolute atomic E-state index is 0.626. The van der Waals surface area contributed by atoms with Gasteiger partial charge in [-0.3, -0.25) is 4.98 Å². The van der Waals surface area contributed by atoms with Crippen LogP contribution in [0.25, 0.3) is 11.3 Å². The van der Waals surface area contributed by atoms with E-state index in [1.165, 1.54) is 0 Å². The molecule has 0 bridgehead atoms. The highest BCUT2D eigenvalue weighted by Gasteiger charge is 2.03. The van der Waals surface area contributed by atoms with Gasteiger partial charge in [0, 0.05) is 10.0 Å². The summed E-state index contributed by atoms with van der Waals surface area (Å²) in [4.78, 5) is 4.41. The van der Waals surface area contributed by atoms with Gasteiger partial charge in [-0.1, -0.05) is 28.1 Å². The SMILES string of the molecule is Cc1nc(-c2ccc(Br)cc2)ccc1C#N. The standard InChI is InChI=1S/C13H9BrN2/c1-9-11(8-15)4-7-13(16-9)10-2-5-12(14)6-3-10/h2-7H,1H3. The van der Waals surface area contributed by atoms with Crippen molar-refractivity contribution < 1.29 is 0 Å². The summed E-state index contributed by atoms with van der Waals surface area (Å²) >= 11 is 3.39. The normalized spacial score (nSPS) is 9.81. The zero-order chi connectivity index (χ0) is 11.5. The topological polar surface area (TPSA) is 36.7 Å². The second-order valence-corrected chi connectivity index (χ2v) is 4.36. The Labute approximate surface area is 103 Å². The number of nitriles is 1. The first-order chi connectivity index (χ1) is 7.70. The number of aromatic nitrogens is 1. The number of aryl methyl sites for hydroxylation is 1. The summed E-state index contributed by atoms with van der Waals surface area (Å²) in [6.07, 6.45) is 0. The average Bonchev–Trinajstić information content (AvgIpc) is 2.30. The highest BCUT2D eigenvalue weighted by Crippen LogP contribution is 2.21.